The van der Waals surface area contributed by atoms with E-state index >= 15 is 0 Å². The van der Waals surface area contributed by atoms with Crippen molar-refractivity contribution in [3.8, 4) is 5.75 Å². The summed E-state index contributed by atoms with van der Waals surface area (Å²) in [7, 11) is 1.63. The molecular weight excluding hydrogens is 346 g/mol. The van der Waals surface area contributed by atoms with E-state index in [2.05, 4.69) is 0 Å². The first-order valence-corrected chi connectivity index (χ1v) is 9.49. The lowest BCUT2D eigenvalue weighted by Gasteiger charge is -2.27. The van der Waals surface area contributed by atoms with Crippen molar-refractivity contribution in [1.82, 2.24) is 4.90 Å². The third kappa shape index (κ3) is 2.74. The van der Waals surface area contributed by atoms with Crippen molar-refractivity contribution in [2.75, 3.05) is 20.3 Å². The smallest absolute Gasteiger partial charge is 0.312 e. The van der Waals surface area contributed by atoms with Crippen LogP contribution in [-0.4, -0.2) is 48.7 Å². The molecule has 0 unspecified atom stereocenters. The number of hydrogen-bond donors (Lipinski definition) is 0. The van der Waals surface area contributed by atoms with Crippen molar-refractivity contribution >= 4 is 11.9 Å². The first-order valence-electron chi connectivity index (χ1n) is 9.49. The molecule has 2 fully saturated rings. The summed E-state index contributed by atoms with van der Waals surface area (Å²) in [4.78, 5) is 27.7. The van der Waals surface area contributed by atoms with Crippen LogP contribution in [0, 0.1) is 11.8 Å². The fourth-order valence-electron chi connectivity index (χ4n) is 4.49. The second-order valence-corrected chi connectivity index (χ2v) is 7.48. The molecule has 6 heteroatoms. The number of fused-ring (bicyclic) bond motifs is 1. The molecule has 0 aliphatic carbocycles. The topological polar surface area (TPSA) is 65.1 Å². The molecule has 0 aromatic heterocycles. The van der Waals surface area contributed by atoms with E-state index in [1.54, 1.807) is 7.11 Å². The summed E-state index contributed by atoms with van der Waals surface area (Å²) < 4.78 is 16.7. The minimum absolute atomic E-state index is 0.0383. The van der Waals surface area contributed by atoms with E-state index in [1.165, 1.54) is 0 Å². The number of carbonyl (C=O) groups excluding carboxylic acids is 2. The Morgan fingerprint density at radius 1 is 1.37 bits per heavy atom. The fraction of sp³-hybridized carbons (Fsp3) is 0.524. The van der Waals surface area contributed by atoms with Gasteiger partial charge in [-0.1, -0.05) is 31.2 Å². The highest BCUT2D eigenvalue weighted by Crippen LogP contribution is 2.53. The quantitative estimate of drug-likeness (QED) is 0.568. The van der Waals surface area contributed by atoms with Gasteiger partial charge in [-0.05, 0) is 31.0 Å². The zero-order valence-electron chi connectivity index (χ0n) is 15.9. The molecule has 6 nitrogen and oxygen atoms in total. The molecule has 3 heterocycles. The van der Waals surface area contributed by atoms with Crippen LogP contribution in [0.25, 0.3) is 0 Å². The summed E-state index contributed by atoms with van der Waals surface area (Å²) in [5.74, 6) is -0.647. The predicted molar refractivity (Wildman–Crippen MR) is 98.1 cm³/mol. The Balaban J connectivity index is 1.57. The third-order valence-corrected chi connectivity index (χ3v) is 5.92. The number of methoxy groups -OCH3 is 1. The first-order chi connectivity index (χ1) is 13.0. The minimum atomic E-state index is -0.710. The molecular formula is C21H25NO5. The second kappa shape index (κ2) is 6.68. The Kier molecular flexibility index (Phi) is 4.46. The van der Waals surface area contributed by atoms with Crippen LogP contribution >= 0.6 is 0 Å². The summed E-state index contributed by atoms with van der Waals surface area (Å²) in [6.45, 7) is 4.77. The number of hydrogen-bond acceptors (Lipinski definition) is 5. The Labute approximate surface area is 159 Å². The largest absolute Gasteiger partial charge is 0.497 e. The van der Waals surface area contributed by atoms with Gasteiger partial charge in [0.25, 0.3) is 0 Å². The van der Waals surface area contributed by atoms with Gasteiger partial charge in [-0.3, -0.25) is 9.59 Å². The molecule has 1 aromatic carbocycles. The zero-order chi connectivity index (χ0) is 19.2. The van der Waals surface area contributed by atoms with Crippen LogP contribution in [0.4, 0.5) is 0 Å². The standard InChI is InChI=1S/C21H25NO5/c1-4-11-26-20(24)17-16-9-10-21(27-16)12-22(19(23)18(17)21)13(2)14-5-7-15(25-3)8-6-14/h5-10,13,16-18H,4,11-12H2,1-3H3/t13-,16+,17+,18-,21-/m0/s1. The van der Waals surface area contributed by atoms with Crippen molar-refractivity contribution in [2.45, 2.75) is 38.0 Å². The molecule has 3 aliphatic rings. The van der Waals surface area contributed by atoms with Crippen LogP contribution < -0.4 is 4.74 Å². The predicted octanol–water partition coefficient (Wildman–Crippen LogP) is 2.49. The van der Waals surface area contributed by atoms with E-state index in [0.717, 1.165) is 17.7 Å². The maximum absolute atomic E-state index is 13.3. The van der Waals surface area contributed by atoms with E-state index in [4.69, 9.17) is 14.2 Å². The maximum atomic E-state index is 13.3. The lowest BCUT2D eigenvalue weighted by Crippen LogP contribution is -2.40. The number of carbonyl (C=O) groups is 2. The number of ether oxygens (including phenoxy) is 3. The van der Waals surface area contributed by atoms with Crippen molar-refractivity contribution in [3.63, 3.8) is 0 Å². The van der Waals surface area contributed by atoms with Gasteiger partial charge in [0.1, 0.15) is 17.3 Å². The van der Waals surface area contributed by atoms with Gasteiger partial charge in [0.15, 0.2) is 0 Å². The molecule has 2 saturated heterocycles. The second-order valence-electron chi connectivity index (χ2n) is 7.48. The Bertz CT molecular complexity index is 773. The van der Waals surface area contributed by atoms with Crippen LogP contribution in [0.5, 0.6) is 5.75 Å². The van der Waals surface area contributed by atoms with E-state index in [0.29, 0.717) is 13.2 Å². The lowest BCUT2D eigenvalue weighted by atomic mass is 9.77. The summed E-state index contributed by atoms with van der Waals surface area (Å²) in [6.07, 6.45) is 4.26. The molecule has 2 bridgehead atoms. The first kappa shape index (κ1) is 18.0. The van der Waals surface area contributed by atoms with Crippen LogP contribution in [0.2, 0.25) is 0 Å². The third-order valence-electron chi connectivity index (χ3n) is 5.92. The molecule has 144 valence electrons. The SMILES string of the molecule is CCCOC(=O)[C@H]1[C@H]2C(=O)N([C@@H](C)c3ccc(OC)cc3)C[C@@]23C=C[C@H]1O3. The van der Waals surface area contributed by atoms with Gasteiger partial charge in [0.2, 0.25) is 5.91 Å². The lowest BCUT2D eigenvalue weighted by molar-refractivity contribution is -0.154. The summed E-state index contributed by atoms with van der Waals surface area (Å²) in [5.41, 5.74) is 0.308. The van der Waals surface area contributed by atoms with Gasteiger partial charge in [-0.25, -0.2) is 0 Å². The fourth-order valence-corrected chi connectivity index (χ4v) is 4.49. The summed E-state index contributed by atoms with van der Waals surface area (Å²) in [6, 6.07) is 7.58. The van der Waals surface area contributed by atoms with E-state index in [-0.39, 0.29) is 24.0 Å². The Morgan fingerprint density at radius 3 is 2.78 bits per heavy atom. The molecule has 0 radical (unpaired) electrons. The van der Waals surface area contributed by atoms with Gasteiger partial charge < -0.3 is 19.1 Å². The van der Waals surface area contributed by atoms with Crippen LogP contribution in [0.3, 0.4) is 0 Å². The molecule has 0 saturated carbocycles. The highest BCUT2D eigenvalue weighted by atomic mass is 16.6. The van der Waals surface area contributed by atoms with Crippen LogP contribution in [0.15, 0.2) is 36.4 Å². The number of esters is 1. The van der Waals surface area contributed by atoms with Crippen LogP contribution in [0.1, 0.15) is 31.9 Å². The Morgan fingerprint density at radius 2 is 2.11 bits per heavy atom. The van der Waals surface area contributed by atoms with Crippen molar-refractivity contribution in [3.05, 3.63) is 42.0 Å². The average molecular weight is 371 g/mol. The molecule has 27 heavy (non-hydrogen) atoms. The van der Waals surface area contributed by atoms with E-state index < -0.39 is 17.4 Å². The zero-order valence-corrected chi connectivity index (χ0v) is 15.9. The van der Waals surface area contributed by atoms with Crippen molar-refractivity contribution in [2.24, 2.45) is 11.8 Å². The van der Waals surface area contributed by atoms with Gasteiger partial charge >= 0.3 is 5.97 Å². The van der Waals surface area contributed by atoms with Crippen LogP contribution in [-0.2, 0) is 19.1 Å². The average Bonchev–Trinajstić information content (AvgIpc) is 3.34. The van der Waals surface area contributed by atoms with E-state index in [1.807, 2.05) is 55.2 Å². The number of nitrogens with zero attached hydrogens (tertiary/aromatic N) is 1. The van der Waals surface area contributed by atoms with Gasteiger partial charge in [0.05, 0.1) is 38.3 Å². The number of amides is 1. The highest BCUT2D eigenvalue weighted by Gasteiger charge is 2.67. The van der Waals surface area contributed by atoms with Gasteiger partial charge in [0, 0.05) is 0 Å². The number of likely N-dealkylation sites (tertiary alicyclic amines) is 1. The number of rotatable bonds is 6. The summed E-state index contributed by atoms with van der Waals surface area (Å²) >= 11 is 0. The van der Waals surface area contributed by atoms with Gasteiger partial charge in [-0.2, -0.15) is 0 Å². The van der Waals surface area contributed by atoms with Crippen molar-refractivity contribution in [1.29, 1.82) is 0 Å². The molecule has 3 aliphatic heterocycles. The number of benzene rings is 1. The Hall–Kier alpha value is -2.34. The van der Waals surface area contributed by atoms with Gasteiger partial charge in [-0.15, -0.1) is 0 Å². The normalized spacial score (nSPS) is 31.9. The molecule has 0 N–H and O–H groups in total. The molecule has 4 rings (SSSR count). The van der Waals surface area contributed by atoms with Crippen molar-refractivity contribution < 1.29 is 23.8 Å². The monoisotopic (exact) mass is 371 g/mol. The molecule has 1 amide bonds. The molecule has 5 atom stereocenters. The van der Waals surface area contributed by atoms with E-state index in [9.17, 15) is 9.59 Å². The minimum Gasteiger partial charge on any atom is -0.497 e. The maximum Gasteiger partial charge on any atom is 0.312 e. The molecule has 1 spiro atoms. The highest BCUT2D eigenvalue weighted by molar-refractivity contribution is 5.91. The molecule has 1 aromatic rings. The summed E-state index contributed by atoms with van der Waals surface area (Å²) in [5, 5.41) is 0.